The zero-order chi connectivity index (χ0) is 16.4. The lowest BCUT2D eigenvalue weighted by Gasteiger charge is -2.38. The van der Waals surface area contributed by atoms with Crippen molar-refractivity contribution >= 4 is 11.7 Å². The monoisotopic (exact) mass is 325 g/mol. The minimum Gasteiger partial charge on any atom is -0.368 e. The summed E-state index contributed by atoms with van der Waals surface area (Å²) in [5, 5.41) is 6.71. The van der Waals surface area contributed by atoms with E-state index in [0.717, 1.165) is 51.4 Å². The number of benzene rings is 1. The number of amides is 1. The third-order valence-corrected chi connectivity index (χ3v) is 4.76. The third-order valence-electron chi connectivity index (χ3n) is 4.76. The van der Waals surface area contributed by atoms with Gasteiger partial charge in [0.15, 0.2) is 0 Å². The van der Waals surface area contributed by atoms with E-state index in [9.17, 15) is 4.79 Å². The van der Waals surface area contributed by atoms with Crippen molar-refractivity contribution in [3.8, 4) is 0 Å². The van der Waals surface area contributed by atoms with E-state index in [2.05, 4.69) is 39.8 Å². The van der Waals surface area contributed by atoms with Gasteiger partial charge in [-0.25, -0.2) is 4.99 Å². The number of hydrogen-bond acceptors (Lipinski definition) is 5. The second kappa shape index (κ2) is 6.65. The van der Waals surface area contributed by atoms with Gasteiger partial charge in [0, 0.05) is 38.9 Å². The number of amidine groups is 1. The van der Waals surface area contributed by atoms with Gasteiger partial charge >= 0.3 is 0 Å². The van der Waals surface area contributed by atoms with Crippen LogP contribution >= 0.6 is 0 Å². The van der Waals surface area contributed by atoms with Crippen LogP contribution in [0.5, 0.6) is 0 Å². The summed E-state index contributed by atoms with van der Waals surface area (Å²) >= 11 is 0. The molecular formula is C18H23N5O. The van der Waals surface area contributed by atoms with E-state index in [0.29, 0.717) is 5.70 Å². The van der Waals surface area contributed by atoms with Gasteiger partial charge in [-0.15, -0.1) is 0 Å². The summed E-state index contributed by atoms with van der Waals surface area (Å²) in [5.41, 5.74) is 1.77. The largest absolute Gasteiger partial charge is 0.368 e. The van der Waals surface area contributed by atoms with Crippen LogP contribution in [0.3, 0.4) is 0 Å². The van der Waals surface area contributed by atoms with Gasteiger partial charge in [-0.3, -0.25) is 10.1 Å². The van der Waals surface area contributed by atoms with Crippen LogP contribution in [0.2, 0.25) is 0 Å². The molecule has 24 heavy (non-hydrogen) atoms. The highest BCUT2D eigenvalue weighted by Crippen LogP contribution is 2.18. The number of rotatable bonds is 3. The van der Waals surface area contributed by atoms with Crippen molar-refractivity contribution in [1.82, 2.24) is 20.4 Å². The van der Waals surface area contributed by atoms with Crippen molar-refractivity contribution in [3.63, 3.8) is 0 Å². The van der Waals surface area contributed by atoms with Crippen LogP contribution in [-0.4, -0.2) is 53.9 Å². The quantitative estimate of drug-likeness (QED) is 0.866. The fourth-order valence-electron chi connectivity index (χ4n) is 3.47. The summed E-state index contributed by atoms with van der Waals surface area (Å²) in [7, 11) is 0. The topological polar surface area (TPSA) is 60.0 Å². The van der Waals surface area contributed by atoms with Gasteiger partial charge in [-0.2, -0.15) is 0 Å². The highest BCUT2D eigenvalue weighted by atomic mass is 16.2. The van der Waals surface area contributed by atoms with E-state index < -0.39 is 0 Å². The number of aliphatic imine (C=N–C) groups is 1. The third kappa shape index (κ3) is 3.01. The predicted molar refractivity (Wildman–Crippen MR) is 93.1 cm³/mol. The molecule has 0 aromatic heterocycles. The number of carbonyl (C=O) groups excluding carboxylic acids is 1. The fraction of sp³-hybridized carbons (Fsp3) is 0.444. The molecule has 126 valence electrons. The summed E-state index contributed by atoms with van der Waals surface area (Å²) in [6.45, 7) is 4.28. The Hall–Kier alpha value is -2.34. The van der Waals surface area contributed by atoms with E-state index in [4.69, 9.17) is 4.99 Å². The lowest BCUT2D eigenvalue weighted by atomic mass is 10.1. The first-order chi connectivity index (χ1) is 11.8. The Labute approximate surface area is 142 Å². The van der Waals surface area contributed by atoms with Crippen LogP contribution < -0.4 is 10.6 Å². The zero-order valence-corrected chi connectivity index (χ0v) is 13.7. The summed E-state index contributed by atoms with van der Waals surface area (Å²) in [4.78, 5) is 21.5. The van der Waals surface area contributed by atoms with Crippen LogP contribution in [0.25, 0.3) is 0 Å². The van der Waals surface area contributed by atoms with E-state index in [1.165, 1.54) is 5.56 Å². The van der Waals surface area contributed by atoms with Gasteiger partial charge in [-0.05, 0) is 18.4 Å². The van der Waals surface area contributed by atoms with Crippen LogP contribution in [0.4, 0.5) is 0 Å². The van der Waals surface area contributed by atoms with Crippen molar-refractivity contribution in [2.45, 2.75) is 25.6 Å². The average molecular weight is 325 g/mol. The smallest absolute Gasteiger partial charge is 0.274 e. The first-order valence-electron chi connectivity index (χ1n) is 8.67. The summed E-state index contributed by atoms with van der Waals surface area (Å²) < 4.78 is 0. The van der Waals surface area contributed by atoms with Crippen molar-refractivity contribution in [2.24, 2.45) is 4.99 Å². The fourth-order valence-corrected chi connectivity index (χ4v) is 3.47. The molecule has 2 saturated heterocycles. The second-order valence-electron chi connectivity index (χ2n) is 6.46. The number of nitrogens with one attached hydrogen (secondary N) is 2. The van der Waals surface area contributed by atoms with Gasteiger partial charge in [0.05, 0.1) is 0 Å². The number of nitrogens with zero attached hydrogens (tertiary/aromatic N) is 3. The van der Waals surface area contributed by atoms with Crippen LogP contribution in [0, 0.1) is 0 Å². The SMILES string of the molecule is O=C(C1=CNC2NCCN(Cc3ccccc3)C2=N1)N1CCCC1. The number of fused-ring (bicyclic) bond motifs is 1. The Morgan fingerprint density at radius 1 is 1.17 bits per heavy atom. The molecule has 3 heterocycles. The molecule has 1 unspecified atom stereocenters. The highest BCUT2D eigenvalue weighted by Gasteiger charge is 2.31. The average Bonchev–Trinajstić information content (AvgIpc) is 3.17. The second-order valence-corrected chi connectivity index (χ2v) is 6.46. The molecular weight excluding hydrogens is 302 g/mol. The van der Waals surface area contributed by atoms with Crippen molar-refractivity contribution in [2.75, 3.05) is 26.2 Å². The van der Waals surface area contributed by atoms with E-state index >= 15 is 0 Å². The van der Waals surface area contributed by atoms with Crippen molar-refractivity contribution in [1.29, 1.82) is 0 Å². The maximum Gasteiger partial charge on any atom is 0.274 e. The van der Waals surface area contributed by atoms with Gasteiger partial charge in [0.25, 0.3) is 5.91 Å². The summed E-state index contributed by atoms with van der Waals surface area (Å²) in [5.74, 6) is 0.950. The lowest BCUT2D eigenvalue weighted by Crippen LogP contribution is -2.60. The Morgan fingerprint density at radius 3 is 2.75 bits per heavy atom. The molecule has 0 radical (unpaired) electrons. The first-order valence-corrected chi connectivity index (χ1v) is 8.67. The van der Waals surface area contributed by atoms with Crippen LogP contribution in [-0.2, 0) is 11.3 Å². The molecule has 3 aliphatic heterocycles. The van der Waals surface area contributed by atoms with E-state index in [-0.39, 0.29) is 12.1 Å². The zero-order valence-electron chi connectivity index (χ0n) is 13.7. The lowest BCUT2D eigenvalue weighted by molar-refractivity contribution is -0.126. The molecule has 4 rings (SSSR count). The number of hydrogen-bond donors (Lipinski definition) is 2. The molecule has 2 N–H and O–H groups in total. The Bertz CT molecular complexity index is 663. The maximum absolute atomic E-state index is 12.6. The minimum absolute atomic E-state index is 0.0161. The number of likely N-dealkylation sites (tertiary alicyclic amines) is 1. The Morgan fingerprint density at radius 2 is 1.96 bits per heavy atom. The van der Waals surface area contributed by atoms with Crippen LogP contribution in [0.15, 0.2) is 47.2 Å². The van der Waals surface area contributed by atoms with E-state index in [1.807, 2.05) is 11.0 Å². The molecule has 2 fully saturated rings. The van der Waals surface area contributed by atoms with Gasteiger partial charge in [-0.1, -0.05) is 30.3 Å². The van der Waals surface area contributed by atoms with Crippen LogP contribution in [0.1, 0.15) is 18.4 Å². The molecule has 0 aliphatic carbocycles. The molecule has 1 atom stereocenters. The molecule has 0 bridgehead atoms. The van der Waals surface area contributed by atoms with Crippen molar-refractivity contribution in [3.05, 3.63) is 47.8 Å². The van der Waals surface area contributed by atoms with Crippen molar-refractivity contribution < 1.29 is 4.79 Å². The molecule has 1 aromatic carbocycles. The number of piperazine rings is 1. The molecule has 0 saturated carbocycles. The molecule has 3 aliphatic rings. The molecule has 0 spiro atoms. The number of carbonyl (C=O) groups is 1. The molecule has 1 amide bonds. The van der Waals surface area contributed by atoms with Gasteiger partial charge in [0.2, 0.25) is 0 Å². The maximum atomic E-state index is 12.6. The minimum atomic E-state index is -0.0161. The molecule has 6 heteroatoms. The summed E-state index contributed by atoms with van der Waals surface area (Å²) in [6.07, 6.45) is 3.92. The predicted octanol–water partition coefficient (Wildman–Crippen LogP) is 0.883. The molecule has 1 aromatic rings. The standard InChI is InChI=1S/C18H23N5O/c24-18(22-9-4-5-10-22)15-12-20-16-17(21-15)23(11-8-19-16)13-14-6-2-1-3-7-14/h1-3,6-7,12,16,19-20H,4-5,8-11,13H2. The Balaban J connectivity index is 1.54. The Kier molecular flexibility index (Phi) is 4.21. The summed E-state index contributed by atoms with van der Waals surface area (Å²) in [6, 6.07) is 10.4. The van der Waals surface area contributed by atoms with Gasteiger partial charge in [0.1, 0.15) is 17.7 Å². The normalized spacial score (nSPS) is 23.2. The molecule has 6 nitrogen and oxygen atoms in total. The van der Waals surface area contributed by atoms with Gasteiger partial charge < -0.3 is 15.1 Å². The first kappa shape index (κ1) is 15.2. The highest BCUT2D eigenvalue weighted by molar-refractivity contribution is 5.99. The van der Waals surface area contributed by atoms with E-state index in [1.54, 1.807) is 6.20 Å².